The number of amides is 1. The van der Waals surface area contributed by atoms with Gasteiger partial charge in [0.2, 0.25) is 5.91 Å². The van der Waals surface area contributed by atoms with Crippen LogP contribution in [0.2, 0.25) is 0 Å². The monoisotopic (exact) mass is 500 g/mol. The number of hydrogen-bond acceptors (Lipinski definition) is 3. The molecule has 190 valence electrons. The summed E-state index contributed by atoms with van der Waals surface area (Å²) in [5.74, 6) is 0.107. The summed E-state index contributed by atoms with van der Waals surface area (Å²) in [6.45, 7) is 4.75. The van der Waals surface area contributed by atoms with Crippen LogP contribution in [0.15, 0.2) is 42.5 Å². The molecule has 10 heteroatoms. The molecule has 2 fully saturated rings. The van der Waals surface area contributed by atoms with Gasteiger partial charge in [0.1, 0.15) is 0 Å². The topological polar surface area (TPSA) is 52.6 Å². The Bertz CT molecular complexity index is 1080. The maximum absolute atomic E-state index is 13.2. The number of nitrogens with one attached hydrogen (secondary N) is 1. The molecule has 1 atom stereocenters. The lowest BCUT2D eigenvalue weighted by molar-refractivity contribution is -0.376. The Hall–Kier alpha value is -2.59. The Morgan fingerprint density at radius 1 is 1.00 bits per heavy atom. The van der Waals surface area contributed by atoms with Crippen LogP contribution in [0.4, 0.5) is 26.3 Å². The number of halogens is 6. The largest absolute Gasteiger partial charge is 0.430 e. The maximum Gasteiger partial charge on any atom is 0.430 e. The molecule has 2 aliphatic heterocycles. The third kappa shape index (κ3) is 4.42. The van der Waals surface area contributed by atoms with Crippen LogP contribution in [0, 0.1) is 5.41 Å². The van der Waals surface area contributed by atoms with Crippen LogP contribution in [0.1, 0.15) is 36.5 Å². The molecule has 0 aromatic heterocycles. The van der Waals surface area contributed by atoms with E-state index in [1.807, 2.05) is 19.1 Å². The quantitative estimate of drug-likeness (QED) is 0.572. The fraction of sp³-hybridized carbons (Fsp3) is 0.480. The van der Waals surface area contributed by atoms with Crippen LogP contribution >= 0.6 is 0 Å². The molecule has 35 heavy (non-hydrogen) atoms. The summed E-state index contributed by atoms with van der Waals surface area (Å²) in [4.78, 5) is 14.4. The molecular weight excluding hydrogens is 474 g/mol. The van der Waals surface area contributed by atoms with Crippen molar-refractivity contribution in [3.05, 3.63) is 59.2 Å². The number of benzene rings is 2. The first-order chi connectivity index (χ1) is 16.3. The summed E-state index contributed by atoms with van der Waals surface area (Å²) in [6, 6.07) is 9.31. The molecule has 0 radical (unpaired) electrons. The summed E-state index contributed by atoms with van der Waals surface area (Å²) in [7, 11) is 0. The number of aryl methyl sites for hydroxylation is 1. The average molecular weight is 500 g/mol. The summed E-state index contributed by atoms with van der Waals surface area (Å²) in [6.07, 6.45) is -9.60. The van der Waals surface area contributed by atoms with Crippen LogP contribution in [0.3, 0.4) is 0 Å². The number of rotatable bonds is 5. The fourth-order valence-electron chi connectivity index (χ4n) is 5.16. The predicted molar refractivity (Wildman–Crippen MR) is 117 cm³/mol. The van der Waals surface area contributed by atoms with Gasteiger partial charge in [0.15, 0.2) is 0 Å². The highest BCUT2D eigenvalue weighted by Crippen LogP contribution is 2.50. The van der Waals surface area contributed by atoms with E-state index in [4.69, 9.17) is 0 Å². The van der Waals surface area contributed by atoms with Crippen molar-refractivity contribution in [3.8, 4) is 11.1 Å². The number of alkyl halides is 6. The zero-order valence-electron chi connectivity index (χ0n) is 19.1. The lowest BCUT2D eigenvalue weighted by Gasteiger charge is -2.32. The molecule has 2 heterocycles. The molecule has 1 amide bonds. The second-order valence-corrected chi connectivity index (χ2v) is 9.38. The van der Waals surface area contributed by atoms with Gasteiger partial charge in [0.05, 0.1) is 5.41 Å². The molecule has 1 spiro atoms. The Balaban J connectivity index is 1.55. The van der Waals surface area contributed by atoms with Crippen molar-refractivity contribution < 1.29 is 36.2 Å². The molecule has 2 aliphatic rings. The highest BCUT2D eigenvalue weighted by Gasteiger charge is 2.71. The first-order valence-corrected chi connectivity index (χ1v) is 11.4. The van der Waals surface area contributed by atoms with E-state index in [0.29, 0.717) is 49.3 Å². The van der Waals surface area contributed by atoms with Crippen molar-refractivity contribution in [2.75, 3.05) is 19.6 Å². The minimum Gasteiger partial charge on any atom is -0.369 e. The molecule has 4 nitrogen and oxygen atoms in total. The first-order valence-electron chi connectivity index (χ1n) is 11.4. The van der Waals surface area contributed by atoms with Crippen molar-refractivity contribution in [3.63, 3.8) is 0 Å². The van der Waals surface area contributed by atoms with E-state index in [0.717, 1.165) is 42.6 Å². The molecule has 0 saturated carbocycles. The van der Waals surface area contributed by atoms with Crippen molar-refractivity contribution >= 4 is 5.91 Å². The lowest BCUT2D eigenvalue weighted by Crippen LogP contribution is -2.53. The molecular formula is C25H26F6N2O2. The molecule has 2 aromatic carbocycles. The SMILES string of the molecule is CCc1cc(CN2CCC3(CCNC3=O)C2)ccc1-c1ccc(C(O)(C(F)(F)F)C(F)(F)F)cc1. The van der Waals surface area contributed by atoms with E-state index in [1.165, 1.54) is 0 Å². The maximum atomic E-state index is 13.2. The summed E-state index contributed by atoms with van der Waals surface area (Å²) in [5.41, 5.74) is -3.49. The fourth-order valence-corrected chi connectivity index (χ4v) is 5.16. The number of aliphatic hydroxyl groups is 1. The van der Waals surface area contributed by atoms with Crippen LogP contribution < -0.4 is 5.32 Å². The van der Waals surface area contributed by atoms with Gasteiger partial charge >= 0.3 is 12.4 Å². The van der Waals surface area contributed by atoms with Crippen LogP contribution in [-0.4, -0.2) is 47.9 Å². The van der Waals surface area contributed by atoms with Crippen molar-refractivity contribution in [1.29, 1.82) is 0 Å². The third-order valence-corrected chi connectivity index (χ3v) is 7.19. The summed E-state index contributed by atoms with van der Waals surface area (Å²) in [5, 5.41) is 12.5. The Morgan fingerprint density at radius 3 is 2.20 bits per heavy atom. The lowest BCUT2D eigenvalue weighted by atomic mass is 9.86. The van der Waals surface area contributed by atoms with E-state index in [2.05, 4.69) is 10.2 Å². The van der Waals surface area contributed by atoms with Gasteiger partial charge in [-0.1, -0.05) is 49.4 Å². The number of nitrogens with zero attached hydrogens (tertiary/aromatic N) is 1. The molecule has 1 unspecified atom stereocenters. The third-order valence-electron chi connectivity index (χ3n) is 7.19. The minimum absolute atomic E-state index is 0.107. The van der Waals surface area contributed by atoms with Gasteiger partial charge in [-0.05, 0) is 48.1 Å². The minimum atomic E-state index is -5.92. The standard InChI is InChI=1S/C25H26F6N2O2/c1-2-17-13-16(14-33-12-10-22(15-33)9-11-32-21(22)34)3-8-20(17)18-4-6-19(7-5-18)23(35,24(26,27)28)25(29,30)31/h3-8,13,35H,2,9-12,14-15H2,1H3,(H,32,34). The van der Waals surface area contributed by atoms with Crippen LogP contribution in [-0.2, 0) is 23.4 Å². The summed E-state index contributed by atoms with van der Waals surface area (Å²) < 4.78 is 79.0. The van der Waals surface area contributed by atoms with Crippen LogP contribution in [0.5, 0.6) is 0 Å². The van der Waals surface area contributed by atoms with Gasteiger partial charge in [0.25, 0.3) is 5.60 Å². The molecule has 0 aliphatic carbocycles. The van der Waals surface area contributed by atoms with E-state index in [-0.39, 0.29) is 11.3 Å². The molecule has 2 aromatic rings. The molecule has 4 rings (SSSR count). The normalized spacial score (nSPS) is 21.7. The average Bonchev–Trinajstić information content (AvgIpc) is 3.37. The Kier molecular flexibility index (Phi) is 6.42. The Labute approximate surface area is 198 Å². The van der Waals surface area contributed by atoms with E-state index in [9.17, 15) is 36.2 Å². The number of carbonyl (C=O) groups is 1. The predicted octanol–water partition coefficient (Wildman–Crippen LogP) is 4.94. The van der Waals surface area contributed by atoms with Gasteiger partial charge in [0, 0.05) is 25.2 Å². The number of carbonyl (C=O) groups excluding carboxylic acids is 1. The van der Waals surface area contributed by atoms with E-state index < -0.39 is 23.5 Å². The van der Waals surface area contributed by atoms with Crippen LogP contribution in [0.25, 0.3) is 11.1 Å². The molecule has 2 saturated heterocycles. The highest BCUT2D eigenvalue weighted by molar-refractivity contribution is 5.85. The summed E-state index contributed by atoms with van der Waals surface area (Å²) >= 11 is 0. The molecule has 0 bridgehead atoms. The zero-order valence-corrected chi connectivity index (χ0v) is 19.1. The molecule has 2 N–H and O–H groups in total. The Morgan fingerprint density at radius 2 is 1.66 bits per heavy atom. The van der Waals surface area contributed by atoms with Crippen molar-refractivity contribution in [1.82, 2.24) is 10.2 Å². The number of likely N-dealkylation sites (tertiary alicyclic amines) is 1. The van der Waals surface area contributed by atoms with Crippen molar-refractivity contribution in [2.45, 2.75) is 50.7 Å². The van der Waals surface area contributed by atoms with Gasteiger partial charge in [-0.3, -0.25) is 9.69 Å². The second-order valence-electron chi connectivity index (χ2n) is 9.38. The smallest absolute Gasteiger partial charge is 0.369 e. The van der Waals surface area contributed by atoms with Crippen molar-refractivity contribution in [2.24, 2.45) is 5.41 Å². The van der Waals surface area contributed by atoms with Gasteiger partial charge < -0.3 is 10.4 Å². The van der Waals surface area contributed by atoms with Gasteiger partial charge in [-0.2, -0.15) is 26.3 Å². The van der Waals surface area contributed by atoms with Gasteiger partial charge in [-0.15, -0.1) is 0 Å². The first kappa shape index (κ1) is 25.5. The van der Waals surface area contributed by atoms with E-state index >= 15 is 0 Å². The van der Waals surface area contributed by atoms with E-state index in [1.54, 1.807) is 6.07 Å². The zero-order chi connectivity index (χ0) is 25.6. The van der Waals surface area contributed by atoms with Gasteiger partial charge in [-0.25, -0.2) is 0 Å². The number of hydrogen-bond donors (Lipinski definition) is 2. The highest BCUT2D eigenvalue weighted by atomic mass is 19.4. The second kappa shape index (κ2) is 8.81.